The summed E-state index contributed by atoms with van der Waals surface area (Å²) in [5.41, 5.74) is 5.54. The number of rotatable bonds is 3. The number of aryl methyl sites for hydroxylation is 1. The predicted octanol–water partition coefficient (Wildman–Crippen LogP) is 4.99. The van der Waals surface area contributed by atoms with Crippen LogP contribution in [0, 0.1) is 17.2 Å². The minimum atomic E-state index is 0.0367. The van der Waals surface area contributed by atoms with Gasteiger partial charge in [0.15, 0.2) is 0 Å². The third-order valence-corrected chi connectivity index (χ3v) is 5.05. The van der Waals surface area contributed by atoms with Gasteiger partial charge in [-0.3, -0.25) is 4.98 Å². The molecule has 0 bridgehead atoms. The van der Waals surface area contributed by atoms with Gasteiger partial charge in [0.25, 0.3) is 0 Å². The van der Waals surface area contributed by atoms with Crippen molar-refractivity contribution in [3.8, 4) is 6.07 Å². The summed E-state index contributed by atoms with van der Waals surface area (Å²) in [5.74, 6) is 0.157. The molecule has 1 aliphatic rings. The molecule has 2 aromatic heterocycles. The number of H-pyrrole nitrogens is 1. The van der Waals surface area contributed by atoms with Gasteiger partial charge in [-0.15, -0.1) is 0 Å². The molecule has 4 heteroatoms. The van der Waals surface area contributed by atoms with Crippen LogP contribution in [0.2, 0.25) is 0 Å². The molecule has 0 radical (unpaired) electrons. The molecule has 1 atom stereocenters. The third-order valence-electron chi connectivity index (χ3n) is 5.05. The molecule has 0 spiro atoms. The highest BCUT2D eigenvalue weighted by atomic mass is 16.3. The summed E-state index contributed by atoms with van der Waals surface area (Å²) >= 11 is 0. The van der Waals surface area contributed by atoms with E-state index in [-0.39, 0.29) is 11.7 Å². The highest BCUT2D eigenvalue weighted by molar-refractivity contribution is 6.07. The van der Waals surface area contributed by atoms with Crippen molar-refractivity contribution >= 4 is 27.9 Å². The Bertz CT molecular complexity index is 1110. The maximum absolute atomic E-state index is 9.55. The molecule has 3 aromatic rings. The Morgan fingerprint density at radius 1 is 1.35 bits per heavy atom. The van der Waals surface area contributed by atoms with E-state index in [2.05, 4.69) is 34.7 Å². The summed E-state index contributed by atoms with van der Waals surface area (Å²) in [5, 5.41) is 21.3. The average molecular weight is 341 g/mol. The van der Waals surface area contributed by atoms with Crippen molar-refractivity contribution in [2.24, 2.45) is 5.92 Å². The van der Waals surface area contributed by atoms with E-state index in [0.29, 0.717) is 0 Å². The molecule has 128 valence electrons. The minimum absolute atomic E-state index is 0.0367. The van der Waals surface area contributed by atoms with E-state index in [0.717, 1.165) is 41.4 Å². The van der Waals surface area contributed by atoms with Gasteiger partial charge in [0.05, 0.1) is 17.5 Å². The van der Waals surface area contributed by atoms with E-state index in [1.54, 1.807) is 12.2 Å². The smallest absolute Gasteiger partial charge is 0.114 e. The van der Waals surface area contributed by atoms with Crippen LogP contribution in [0.1, 0.15) is 23.2 Å². The number of nitrogens with one attached hydrogen (secondary N) is 1. The van der Waals surface area contributed by atoms with Crippen LogP contribution in [-0.2, 0) is 12.8 Å². The van der Waals surface area contributed by atoms with Crippen LogP contribution in [0.3, 0.4) is 0 Å². The first-order valence-electron chi connectivity index (χ1n) is 8.71. The first kappa shape index (κ1) is 16.2. The highest BCUT2D eigenvalue weighted by Gasteiger charge is 2.23. The lowest BCUT2D eigenvalue weighted by atomic mass is 9.81. The fourth-order valence-electron chi connectivity index (χ4n) is 3.78. The number of nitriles is 1. The quantitative estimate of drug-likeness (QED) is 0.521. The maximum Gasteiger partial charge on any atom is 0.114 e. The molecule has 2 N–H and O–H groups in total. The molecule has 0 aliphatic heterocycles. The number of aromatic amines is 1. The van der Waals surface area contributed by atoms with Crippen LogP contribution in [-0.4, -0.2) is 15.1 Å². The molecule has 4 nitrogen and oxygen atoms in total. The average Bonchev–Trinajstić information content (AvgIpc) is 3.15. The number of aliphatic hydroxyl groups excluding tert-OH is 1. The largest absolute Gasteiger partial charge is 0.508 e. The molecule has 0 saturated carbocycles. The van der Waals surface area contributed by atoms with Crippen molar-refractivity contribution in [3.63, 3.8) is 0 Å². The third kappa shape index (κ3) is 2.68. The van der Waals surface area contributed by atoms with Gasteiger partial charge in [0, 0.05) is 28.2 Å². The fourth-order valence-corrected chi connectivity index (χ4v) is 3.78. The number of pyridine rings is 1. The van der Waals surface area contributed by atoms with E-state index in [1.807, 2.05) is 18.3 Å². The number of hydrogen-bond acceptors (Lipinski definition) is 3. The monoisotopic (exact) mass is 341 g/mol. The summed E-state index contributed by atoms with van der Waals surface area (Å²) in [7, 11) is 0. The predicted molar refractivity (Wildman–Crippen MR) is 105 cm³/mol. The second-order valence-electron chi connectivity index (χ2n) is 6.59. The number of benzene rings is 1. The SMILES string of the molecule is C=C/C(O)=C\C=C\c1[nH]c2ccc3nccc3c2c2c1CC(C#N)CC2. The molecule has 4 rings (SSSR count). The molecular formula is C22H19N3O. The number of fused-ring (bicyclic) bond motifs is 5. The molecule has 2 heterocycles. The van der Waals surface area contributed by atoms with Crippen LogP contribution < -0.4 is 0 Å². The molecule has 0 fully saturated rings. The Morgan fingerprint density at radius 2 is 2.23 bits per heavy atom. The first-order chi connectivity index (χ1) is 12.7. The zero-order valence-electron chi connectivity index (χ0n) is 14.4. The van der Waals surface area contributed by atoms with Gasteiger partial charge in [-0.25, -0.2) is 0 Å². The van der Waals surface area contributed by atoms with E-state index in [1.165, 1.54) is 22.6 Å². The van der Waals surface area contributed by atoms with Gasteiger partial charge < -0.3 is 10.1 Å². The van der Waals surface area contributed by atoms with Crippen molar-refractivity contribution < 1.29 is 5.11 Å². The van der Waals surface area contributed by atoms with Gasteiger partial charge >= 0.3 is 0 Å². The van der Waals surface area contributed by atoms with Crippen molar-refractivity contribution in [2.75, 3.05) is 0 Å². The van der Waals surface area contributed by atoms with E-state index < -0.39 is 0 Å². The molecular weight excluding hydrogens is 322 g/mol. The van der Waals surface area contributed by atoms with Gasteiger partial charge in [-0.05, 0) is 66.8 Å². The molecule has 1 unspecified atom stereocenters. The van der Waals surface area contributed by atoms with Crippen LogP contribution >= 0.6 is 0 Å². The normalized spacial score (nSPS) is 17.5. The Kier molecular flexibility index (Phi) is 4.06. The Balaban J connectivity index is 1.96. The lowest BCUT2D eigenvalue weighted by Gasteiger charge is -2.24. The van der Waals surface area contributed by atoms with Crippen LogP contribution in [0.25, 0.3) is 27.9 Å². The first-order valence-corrected chi connectivity index (χ1v) is 8.71. The van der Waals surface area contributed by atoms with Gasteiger partial charge in [-0.1, -0.05) is 12.7 Å². The van der Waals surface area contributed by atoms with E-state index in [9.17, 15) is 10.4 Å². The second kappa shape index (κ2) is 6.53. The Hall–Kier alpha value is -3.32. The molecule has 0 saturated heterocycles. The summed E-state index contributed by atoms with van der Waals surface area (Å²) in [6.45, 7) is 3.54. The van der Waals surface area contributed by atoms with Gasteiger partial charge in [0.1, 0.15) is 5.76 Å². The maximum atomic E-state index is 9.55. The number of aliphatic hydroxyl groups is 1. The van der Waals surface area contributed by atoms with Gasteiger partial charge in [-0.2, -0.15) is 5.26 Å². The topological polar surface area (TPSA) is 72.7 Å². The van der Waals surface area contributed by atoms with E-state index in [4.69, 9.17) is 0 Å². The number of allylic oxidation sites excluding steroid dienone is 3. The molecule has 26 heavy (non-hydrogen) atoms. The number of nitrogens with zero attached hydrogens (tertiary/aromatic N) is 2. The van der Waals surface area contributed by atoms with Crippen molar-refractivity contribution in [3.05, 3.63) is 71.8 Å². The summed E-state index contributed by atoms with van der Waals surface area (Å²) in [4.78, 5) is 7.94. The zero-order valence-corrected chi connectivity index (χ0v) is 14.4. The highest BCUT2D eigenvalue weighted by Crippen LogP contribution is 2.36. The Morgan fingerprint density at radius 3 is 3.04 bits per heavy atom. The summed E-state index contributed by atoms with van der Waals surface area (Å²) in [6.07, 6.45) is 11.1. The van der Waals surface area contributed by atoms with Crippen LogP contribution in [0.15, 0.2) is 55.0 Å². The van der Waals surface area contributed by atoms with Crippen molar-refractivity contribution in [1.29, 1.82) is 5.26 Å². The van der Waals surface area contributed by atoms with E-state index >= 15 is 0 Å². The lowest BCUT2D eigenvalue weighted by molar-refractivity contribution is 0.433. The number of aromatic nitrogens is 2. The molecule has 1 aliphatic carbocycles. The van der Waals surface area contributed by atoms with Crippen LogP contribution in [0.5, 0.6) is 0 Å². The minimum Gasteiger partial charge on any atom is -0.508 e. The number of hydrogen-bond donors (Lipinski definition) is 2. The van der Waals surface area contributed by atoms with Crippen molar-refractivity contribution in [2.45, 2.75) is 19.3 Å². The van der Waals surface area contributed by atoms with Gasteiger partial charge in [0.2, 0.25) is 0 Å². The molecule has 0 amide bonds. The molecule has 1 aromatic carbocycles. The standard InChI is InChI=1S/C22H19N3O/c1-2-15(26)4-3-5-20-18-12-14(13-23)6-7-16(18)22-17-10-11-24-19(17)8-9-21(22)25-20/h2-5,8-11,14,25-26H,1,6-7,12H2/b5-3+,15-4+. The lowest BCUT2D eigenvalue weighted by Crippen LogP contribution is -2.15. The summed E-state index contributed by atoms with van der Waals surface area (Å²) < 4.78 is 0. The fraction of sp³-hybridized carbons (Fsp3) is 0.182. The Labute approximate surface area is 151 Å². The van der Waals surface area contributed by atoms with Crippen LogP contribution in [0.4, 0.5) is 0 Å². The van der Waals surface area contributed by atoms with Crippen molar-refractivity contribution in [1.82, 2.24) is 9.97 Å². The summed E-state index contributed by atoms with van der Waals surface area (Å²) in [6, 6.07) is 8.57. The zero-order chi connectivity index (χ0) is 18.1. The second-order valence-corrected chi connectivity index (χ2v) is 6.59.